The van der Waals surface area contributed by atoms with E-state index in [0.717, 1.165) is 36.9 Å². The van der Waals surface area contributed by atoms with Gasteiger partial charge in [0, 0.05) is 18.5 Å². The van der Waals surface area contributed by atoms with Crippen molar-refractivity contribution in [2.24, 2.45) is 0 Å². The van der Waals surface area contributed by atoms with Crippen LogP contribution in [-0.4, -0.2) is 59.6 Å². The molecule has 8 nitrogen and oxygen atoms in total. The molecule has 0 radical (unpaired) electrons. The standard InChI is InChI=1S/C30H31F3N4O4/c31-30(32,33)41-22-9-7-21(8-10-22)29(19-34)13-16-36(17-14-29)15-2-1-4-20-5-3-6-23-24(20)18-37(28(23)40)25-11-12-26(38)35-27(25)39/h3,5-10,25H,1-2,4,11-18H2,(H,35,38,39). The molecule has 0 aromatic heterocycles. The highest BCUT2D eigenvalue weighted by Gasteiger charge is 2.40. The minimum absolute atomic E-state index is 0.173. The van der Waals surface area contributed by atoms with E-state index in [1.54, 1.807) is 23.1 Å². The van der Waals surface area contributed by atoms with Crippen LogP contribution in [0.15, 0.2) is 42.5 Å². The van der Waals surface area contributed by atoms with Crippen molar-refractivity contribution < 1.29 is 32.3 Å². The zero-order valence-corrected chi connectivity index (χ0v) is 22.5. The Hall–Kier alpha value is -3.91. The predicted octanol–water partition coefficient (Wildman–Crippen LogP) is 4.23. The first-order valence-corrected chi connectivity index (χ1v) is 13.8. The van der Waals surface area contributed by atoms with Gasteiger partial charge in [-0.1, -0.05) is 24.3 Å². The van der Waals surface area contributed by atoms with E-state index in [0.29, 0.717) is 50.0 Å². The van der Waals surface area contributed by atoms with Crippen LogP contribution in [0.1, 0.15) is 65.6 Å². The number of nitriles is 1. The number of halogens is 3. The lowest BCUT2D eigenvalue weighted by Crippen LogP contribution is -2.52. The van der Waals surface area contributed by atoms with Gasteiger partial charge in [-0.05, 0) is 93.0 Å². The third-order valence-corrected chi connectivity index (χ3v) is 8.41. The van der Waals surface area contributed by atoms with E-state index in [2.05, 4.69) is 21.0 Å². The number of amides is 3. The number of nitrogens with one attached hydrogen (secondary N) is 1. The maximum atomic E-state index is 13.0. The summed E-state index contributed by atoms with van der Waals surface area (Å²) < 4.78 is 41.4. The number of fused-ring (bicyclic) bond motifs is 1. The number of nitrogens with zero attached hydrogens (tertiary/aromatic N) is 3. The highest BCUT2D eigenvalue weighted by Crippen LogP contribution is 2.37. The van der Waals surface area contributed by atoms with Gasteiger partial charge in [-0.25, -0.2) is 0 Å². The van der Waals surface area contributed by atoms with Crippen LogP contribution in [-0.2, 0) is 28.0 Å². The number of carbonyl (C=O) groups excluding carboxylic acids is 3. The van der Waals surface area contributed by atoms with Crippen molar-refractivity contribution in [1.29, 1.82) is 5.26 Å². The quantitative estimate of drug-likeness (QED) is 0.378. The third kappa shape index (κ3) is 6.22. The average Bonchev–Trinajstić information content (AvgIpc) is 3.28. The lowest BCUT2D eigenvalue weighted by atomic mass is 9.74. The fourth-order valence-electron chi connectivity index (χ4n) is 6.13. The number of piperidine rings is 2. The SMILES string of the molecule is N#CC1(c2ccc(OC(F)(F)F)cc2)CCN(CCCCc2cccc3c2CN(C2CCC(=O)NC2=O)C3=O)CC1. The lowest BCUT2D eigenvalue weighted by Gasteiger charge is -2.37. The normalized spacial score (nSPS) is 20.9. The minimum atomic E-state index is -4.76. The van der Waals surface area contributed by atoms with Crippen molar-refractivity contribution in [2.75, 3.05) is 19.6 Å². The summed E-state index contributed by atoms with van der Waals surface area (Å²) >= 11 is 0. The topological polar surface area (TPSA) is 103 Å². The summed E-state index contributed by atoms with van der Waals surface area (Å²) in [6.45, 7) is 2.65. The van der Waals surface area contributed by atoms with Crippen LogP contribution in [0, 0.1) is 11.3 Å². The van der Waals surface area contributed by atoms with Gasteiger partial charge in [-0.15, -0.1) is 13.2 Å². The molecule has 1 N–H and O–H groups in total. The van der Waals surface area contributed by atoms with E-state index in [4.69, 9.17) is 0 Å². The molecule has 2 fully saturated rings. The molecular formula is C30H31F3N4O4. The summed E-state index contributed by atoms with van der Waals surface area (Å²) in [7, 11) is 0. The van der Waals surface area contributed by atoms with Gasteiger partial charge in [0.15, 0.2) is 0 Å². The predicted molar refractivity (Wildman–Crippen MR) is 142 cm³/mol. The number of imide groups is 1. The van der Waals surface area contributed by atoms with Crippen LogP contribution in [0.4, 0.5) is 13.2 Å². The van der Waals surface area contributed by atoms with Crippen LogP contribution in [0.2, 0.25) is 0 Å². The number of aryl methyl sites for hydroxylation is 1. The summed E-state index contributed by atoms with van der Waals surface area (Å²) in [5.74, 6) is -1.20. The number of benzene rings is 2. The number of alkyl halides is 3. The van der Waals surface area contributed by atoms with Gasteiger partial charge in [0.25, 0.3) is 5.91 Å². The van der Waals surface area contributed by atoms with Gasteiger partial charge in [-0.3, -0.25) is 19.7 Å². The maximum absolute atomic E-state index is 13.0. The number of hydrogen-bond donors (Lipinski definition) is 1. The summed E-state index contributed by atoms with van der Waals surface area (Å²) in [5.41, 5.74) is 2.62. The molecule has 2 aromatic rings. The van der Waals surface area contributed by atoms with E-state index < -0.39 is 23.7 Å². The number of hydrogen-bond acceptors (Lipinski definition) is 6. The Labute approximate surface area is 236 Å². The fraction of sp³-hybridized carbons (Fsp3) is 0.467. The van der Waals surface area contributed by atoms with E-state index in [-0.39, 0.29) is 24.0 Å². The molecular weight excluding hydrogens is 537 g/mol. The van der Waals surface area contributed by atoms with Crippen LogP contribution >= 0.6 is 0 Å². The Morgan fingerprint density at radius 2 is 1.78 bits per heavy atom. The van der Waals surface area contributed by atoms with Gasteiger partial charge in [-0.2, -0.15) is 5.26 Å². The Morgan fingerprint density at radius 3 is 2.44 bits per heavy atom. The molecule has 3 aliphatic heterocycles. The lowest BCUT2D eigenvalue weighted by molar-refractivity contribution is -0.274. The van der Waals surface area contributed by atoms with E-state index in [9.17, 15) is 32.8 Å². The molecule has 3 heterocycles. The highest BCUT2D eigenvalue weighted by atomic mass is 19.4. The van der Waals surface area contributed by atoms with Crippen molar-refractivity contribution in [3.8, 4) is 11.8 Å². The number of ether oxygens (including phenoxy) is 1. The van der Waals surface area contributed by atoms with Crippen molar-refractivity contribution in [1.82, 2.24) is 15.1 Å². The molecule has 2 aromatic carbocycles. The molecule has 0 spiro atoms. The van der Waals surface area contributed by atoms with E-state index in [1.807, 2.05) is 12.1 Å². The van der Waals surface area contributed by atoms with Crippen LogP contribution < -0.4 is 10.1 Å². The first kappa shape index (κ1) is 28.6. The first-order chi connectivity index (χ1) is 19.6. The molecule has 2 saturated heterocycles. The summed E-state index contributed by atoms with van der Waals surface area (Å²) in [6, 6.07) is 13.1. The second-order valence-corrected chi connectivity index (χ2v) is 10.9. The smallest absolute Gasteiger partial charge is 0.406 e. The zero-order chi connectivity index (χ0) is 29.2. The number of carbonyl (C=O) groups is 3. The third-order valence-electron chi connectivity index (χ3n) is 8.41. The summed E-state index contributed by atoms with van der Waals surface area (Å²) in [4.78, 5) is 40.8. The molecule has 5 rings (SSSR count). The molecule has 11 heteroatoms. The zero-order valence-electron chi connectivity index (χ0n) is 22.5. The number of unbranched alkanes of at least 4 members (excludes halogenated alkanes) is 1. The monoisotopic (exact) mass is 568 g/mol. The van der Waals surface area contributed by atoms with Crippen LogP contribution in [0.5, 0.6) is 5.75 Å². The number of rotatable bonds is 8. The minimum Gasteiger partial charge on any atom is -0.406 e. The van der Waals surface area contributed by atoms with Crippen molar-refractivity contribution in [3.63, 3.8) is 0 Å². The average molecular weight is 569 g/mol. The molecule has 216 valence electrons. The molecule has 0 aliphatic carbocycles. The van der Waals surface area contributed by atoms with Gasteiger partial charge in [0.1, 0.15) is 11.8 Å². The van der Waals surface area contributed by atoms with Crippen molar-refractivity contribution in [3.05, 3.63) is 64.7 Å². The number of likely N-dealkylation sites (tertiary alicyclic amines) is 1. The largest absolute Gasteiger partial charge is 0.573 e. The fourth-order valence-corrected chi connectivity index (χ4v) is 6.13. The van der Waals surface area contributed by atoms with Crippen molar-refractivity contribution in [2.45, 2.75) is 69.3 Å². The maximum Gasteiger partial charge on any atom is 0.573 e. The highest BCUT2D eigenvalue weighted by molar-refractivity contribution is 6.05. The molecule has 3 aliphatic rings. The Bertz CT molecular complexity index is 1360. The van der Waals surface area contributed by atoms with Gasteiger partial charge in [0.2, 0.25) is 11.8 Å². The molecule has 41 heavy (non-hydrogen) atoms. The Kier molecular flexibility index (Phi) is 8.04. The molecule has 1 atom stereocenters. The van der Waals surface area contributed by atoms with E-state index >= 15 is 0 Å². The van der Waals surface area contributed by atoms with Crippen LogP contribution in [0.25, 0.3) is 0 Å². The Morgan fingerprint density at radius 1 is 1.05 bits per heavy atom. The molecule has 0 bridgehead atoms. The first-order valence-electron chi connectivity index (χ1n) is 13.8. The van der Waals surface area contributed by atoms with E-state index in [1.165, 1.54) is 12.1 Å². The Balaban J connectivity index is 1.11. The summed E-state index contributed by atoms with van der Waals surface area (Å²) in [5, 5.41) is 12.3. The van der Waals surface area contributed by atoms with Crippen LogP contribution in [0.3, 0.4) is 0 Å². The van der Waals surface area contributed by atoms with Gasteiger partial charge in [0.05, 0.1) is 11.5 Å². The second kappa shape index (κ2) is 11.5. The summed E-state index contributed by atoms with van der Waals surface area (Å²) in [6.07, 6.45) is -0.392. The van der Waals surface area contributed by atoms with Gasteiger partial charge < -0.3 is 14.5 Å². The molecule has 0 saturated carbocycles. The van der Waals surface area contributed by atoms with Gasteiger partial charge >= 0.3 is 6.36 Å². The van der Waals surface area contributed by atoms with Crippen molar-refractivity contribution >= 4 is 17.7 Å². The molecule has 3 amide bonds. The second-order valence-electron chi connectivity index (χ2n) is 10.9. The molecule has 1 unspecified atom stereocenters.